The number of benzene rings is 3. The van der Waals surface area contributed by atoms with Gasteiger partial charge in [-0.25, -0.2) is 0 Å². The van der Waals surface area contributed by atoms with Crippen molar-refractivity contribution in [2.75, 3.05) is 19.0 Å². The van der Waals surface area contributed by atoms with Crippen molar-refractivity contribution in [3.8, 4) is 28.6 Å². The van der Waals surface area contributed by atoms with Crippen LogP contribution in [0, 0.1) is 0 Å². The molecule has 0 unspecified atom stereocenters. The highest BCUT2D eigenvalue weighted by molar-refractivity contribution is 6.06. The highest BCUT2D eigenvalue weighted by Gasteiger charge is 2.16. The predicted octanol–water partition coefficient (Wildman–Crippen LogP) is 4.98. The lowest BCUT2D eigenvalue weighted by Gasteiger charge is -2.13. The molecule has 0 atom stereocenters. The Hall–Kier alpha value is -4.33. The van der Waals surface area contributed by atoms with Crippen molar-refractivity contribution in [2.24, 2.45) is 0 Å². The Labute approximate surface area is 191 Å². The van der Waals surface area contributed by atoms with Crippen molar-refractivity contribution >= 4 is 11.6 Å². The molecule has 8 heteroatoms. The van der Waals surface area contributed by atoms with Crippen LogP contribution in [0.1, 0.15) is 23.2 Å². The zero-order chi connectivity index (χ0) is 23.0. The minimum Gasteiger partial charge on any atom is -0.497 e. The zero-order valence-electron chi connectivity index (χ0n) is 18.3. The fraction of sp³-hybridized carbons (Fsp3) is 0.160. The Morgan fingerprint density at radius 2 is 1.67 bits per heavy atom. The molecule has 0 aliphatic carbocycles. The summed E-state index contributed by atoms with van der Waals surface area (Å²) in [7, 11) is 1.61. The number of ether oxygens (including phenoxy) is 3. The van der Waals surface area contributed by atoms with Crippen LogP contribution in [-0.2, 0) is 6.61 Å². The average molecular weight is 445 g/mol. The molecule has 3 aromatic carbocycles. The summed E-state index contributed by atoms with van der Waals surface area (Å²) in [5, 5.41) is 6.87. The fourth-order valence-corrected chi connectivity index (χ4v) is 3.13. The second kappa shape index (κ2) is 10.3. The quantitative estimate of drug-likeness (QED) is 0.388. The van der Waals surface area contributed by atoms with E-state index in [0.717, 1.165) is 11.3 Å². The SMILES string of the molecule is CCOc1ccccc1NC(=O)c1ccccc1OCc1nc(-c2ccc(OC)cc2)no1. The van der Waals surface area contributed by atoms with Gasteiger partial charge in [0.2, 0.25) is 5.82 Å². The first kappa shape index (κ1) is 21.9. The van der Waals surface area contributed by atoms with E-state index in [1.165, 1.54) is 0 Å². The third-order valence-electron chi connectivity index (χ3n) is 4.73. The third kappa shape index (κ3) is 5.30. The molecule has 0 aliphatic rings. The maximum atomic E-state index is 12.9. The lowest BCUT2D eigenvalue weighted by atomic mass is 10.1. The molecule has 0 spiro atoms. The third-order valence-corrected chi connectivity index (χ3v) is 4.73. The summed E-state index contributed by atoms with van der Waals surface area (Å²) in [5.74, 6) is 2.15. The lowest BCUT2D eigenvalue weighted by Crippen LogP contribution is -2.14. The molecule has 33 heavy (non-hydrogen) atoms. The summed E-state index contributed by atoms with van der Waals surface area (Å²) < 4.78 is 21.9. The van der Waals surface area contributed by atoms with Crippen LogP contribution < -0.4 is 19.5 Å². The van der Waals surface area contributed by atoms with Crippen LogP contribution in [-0.4, -0.2) is 29.8 Å². The van der Waals surface area contributed by atoms with E-state index in [0.29, 0.717) is 35.2 Å². The van der Waals surface area contributed by atoms with Gasteiger partial charge in [-0.1, -0.05) is 29.4 Å². The van der Waals surface area contributed by atoms with Crippen LogP contribution in [0.4, 0.5) is 5.69 Å². The van der Waals surface area contributed by atoms with Crippen LogP contribution >= 0.6 is 0 Å². The number of methoxy groups -OCH3 is 1. The van der Waals surface area contributed by atoms with Gasteiger partial charge in [0.1, 0.15) is 17.2 Å². The average Bonchev–Trinajstić information content (AvgIpc) is 3.33. The Morgan fingerprint density at radius 3 is 2.42 bits per heavy atom. The number of hydrogen-bond donors (Lipinski definition) is 1. The van der Waals surface area contributed by atoms with Crippen LogP contribution in [0.3, 0.4) is 0 Å². The number of hydrogen-bond acceptors (Lipinski definition) is 7. The molecule has 1 aromatic heterocycles. The molecule has 1 N–H and O–H groups in total. The Bertz CT molecular complexity index is 1220. The first-order valence-corrected chi connectivity index (χ1v) is 10.4. The van der Waals surface area contributed by atoms with E-state index in [4.69, 9.17) is 18.7 Å². The van der Waals surface area contributed by atoms with Crippen molar-refractivity contribution in [1.82, 2.24) is 10.1 Å². The number of carbonyl (C=O) groups is 1. The minimum atomic E-state index is -0.317. The zero-order valence-corrected chi connectivity index (χ0v) is 18.3. The number of amides is 1. The summed E-state index contributed by atoms with van der Waals surface area (Å²) in [4.78, 5) is 17.3. The molecule has 1 amide bonds. The predicted molar refractivity (Wildman–Crippen MR) is 123 cm³/mol. The highest BCUT2D eigenvalue weighted by atomic mass is 16.5. The number of rotatable bonds is 9. The second-order valence-corrected chi connectivity index (χ2v) is 6.91. The highest BCUT2D eigenvalue weighted by Crippen LogP contribution is 2.27. The Balaban J connectivity index is 1.45. The van der Waals surface area contributed by atoms with E-state index in [1.54, 1.807) is 43.5 Å². The molecular weight excluding hydrogens is 422 g/mol. The van der Waals surface area contributed by atoms with Crippen molar-refractivity contribution in [2.45, 2.75) is 13.5 Å². The molecule has 0 saturated carbocycles. The molecule has 1 heterocycles. The van der Waals surface area contributed by atoms with E-state index in [1.807, 2.05) is 43.3 Å². The summed E-state index contributed by atoms with van der Waals surface area (Å²) in [6.07, 6.45) is 0. The molecule has 4 aromatic rings. The molecule has 0 saturated heterocycles. The van der Waals surface area contributed by atoms with E-state index < -0.39 is 0 Å². The number of aromatic nitrogens is 2. The summed E-state index contributed by atoms with van der Waals surface area (Å²) in [6, 6.07) is 21.5. The van der Waals surface area contributed by atoms with Gasteiger partial charge in [0.15, 0.2) is 6.61 Å². The van der Waals surface area contributed by atoms with Crippen LogP contribution in [0.15, 0.2) is 77.3 Å². The fourth-order valence-electron chi connectivity index (χ4n) is 3.13. The van der Waals surface area contributed by atoms with E-state index in [2.05, 4.69) is 15.5 Å². The van der Waals surface area contributed by atoms with Crippen LogP contribution in [0.25, 0.3) is 11.4 Å². The van der Waals surface area contributed by atoms with E-state index >= 15 is 0 Å². The molecule has 0 fully saturated rings. The number of nitrogens with one attached hydrogen (secondary N) is 1. The Kier molecular flexibility index (Phi) is 6.84. The molecule has 4 rings (SSSR count). The first-order chi connectivity index (χ1) is 16.2. The van der Waals surface area contributed by atoms with E-state index in [9.17, 15) is 4.79 Å². The van der Waals surface area contributed by atoms with Gasteiger partial charge < -0.3 is 24.1 Å². The van der Waals surface area contributed by atoms with Gasteiger partial charge in [0.05, 0.1) is 25.0 Å². The molecule has 0 radical (unpaired) electrons. The van der Waals surface area contributed by atoms with Crippen molar-refractivity contribution in [3.63, 3.8) is 0 Å². The van der Waals surface area contributed by atoms with Crippen molar-refractivity contribution in [1.29, 1.82) is 0 Å². The van der Waals surface area contributed by atoms with Gasteiger partial charge >= 0.3 is 0 Å². The van der Waals surface area contributed by atoms with Gasteiger partial charge in [-0.05, 0) is 55.5 Å². The van der Waals surface area contributed by atoms with Crippen molar-refractivity contribution in [3.05, 3.63) is 84.3 Å². The lowest BCUT2D eigenvalue weighted by molar-refractivity contribution is 0.102. The second-order valence-electron chi connectivity index (χ2n) is 6.91. The molecular formula is C25H23N3O5. The molecule has 0 bridgehead atoms. The maximum Gasteiger partial charge on any atom is 0.264 e. The topological polar surface area (TPSA) is 95.7 Å². The van der Waals surface area contributed by atoms with Crippen LogP contribution in [0.2, 0.25) is 0 Å². The number of anilines is 1. The molecule has 0 aliphatic heterocycles. The normalized spacial score (nSPS) is 10.5. The number of nitrogens with zero attached hydrogens (tertiary/aromatic N) is 2. The maximum absolute atomic E-state index is 12.9. The van der Waals surface area contributed by atoms with Gasteiger partial charge in [0.25, 0.3) is 11.8 Å². The summed E-state index contributed by atoms with van der Waals surface area (Å²) in [5.41, 5.74) is 1.75. The first-order valence-electron chi connectivity index (χ1n) is 10.4. The van der Waals surface area contributed by atoms with Gasteiger partial charge in [0, 0.05) is 5.56 Å². The van der Waals surface area contributed by atoms with Crippen molar-refractivity contribution < 1.29 is 23.5 Å². The largest absolute Gasteiger partial charge is 0.497 e. The minimum absolute atomic E-state index is 0.0168. The van der Waals surface area contributed by atoms with Gasteiger partial charge in [-0.2, -0.15) is 4.98 Å². The number of carbonyl (C=O) groups excluding carboxylic acids is 1. The van der Waals surface area contributed by atoms with Crippen LogP contribution in [0.5, 0.6) is 17.2 Å². The molecule has 8 nitrogen and oxygen atoms in total. The van der Waals surface area contributed by atoms with Gasteiger partial charge in [-0.3, -0.25) is 4.79 Å². The number of para-hydroxylation sites is 3. The smallest absolute Gasteiger partial charge is 0.264 e. The summed E-state index contributed by atoms with van der Waals surface area (Å²) in [6.45, 7) is 2.40. The Morgan fingerprint density at radius 1 is 0.939 bits per heavy atom. The molecule has 168 valence electrons. The van der Waals surface area contributed by atoms with Gasteiger partial charge in [-0.15, -0.1) is 0 Å². The monoisotopic (exact) mass is 445 g/mol. The van der Waals surface area contributed by atoms with E-state index in [-0.39, 0.29) is 18.4 Å². The summed E-state index contributed by atoms with van der Waals surface area (Å²) >= 11 is 0. The standard InChI is InChI=1S/C25H23N3O5/c1-3-31-22-11-7-5-9-20(22)26-25(29)19-8-4-6-10-21(19)32-16-23-27-24(28-33-23)17-12-14-18(30-2)15-13-17/h4-15H,3,16H2,1-2H3,(H,26,29).